The third kappa shape index (κ3) is 2.65. The number of rotatable bonds is 2. The number of nitrogens with one attached hydrogen (secondary N) is 1. The van der Waals surface area contributed by atoms with Gasteiger partial charge in [-0.1, -0.05) is 22.0 Å². The van der Waals surface area contributed by atoms with Crippen molar-refractivity contribution in [2.75, 3.05) is 12.4 Å². The van der Waals surface area contributed by atoms with Crippen LogP contribution in [0.4, 0.5) is 5.69 Å². The Morgan fingerprint density at radius 3 is 2.93 bits per heavy atom. The van der Waals surface area contributed by atoms with Gasteiger partial charge in [-0.3, -0.25) is 9.78 Å². The van der Waals surface area contributed by atoms with Gasteiger partial charge >= 0.3 is 0 Å². The molecule has 2 aromatic carbocycles. The van der Waals surface area contributed by atoms with E-state index in [1.165, 1.54) is 0 Å². The number of hydrogen-bond donors (Lipinski definition) is 1. The average molecular weight is 435 g/mol. The average Bonchev–Trinajstić information content (AvgIpc) is 2.73. The largest absolute Gasteiger partial charge is 0.496 e. The molecule has 0 saturated heterocycles. The number of nitrogens with zero attached hydrogens (tertiary/aromatic N) is 1. The van der Waals surface area contributed by atoms with E-state index < -0.39 is 0 Å². The monoisotopic (exact) mass is 434 g/mol. The molecule has 0 bridgehead atoms. The van der Waals surface area contributed by atoms with E-state index in [-0.39, 0.29) is 11.8 Å². The van der Waals surface area contributed by atoms with Crippen LogP contribution in [0.15, 0.2) is 58.7 Å². The summed E-state index contributed by atoms with van der Waals surface area (Å²) >= 11 is 3.57. The zero-order valence-corrected chi connectivity index (χ0v) is 17.0. The van der Waals surface area contributed by atoms with Crippen molar-refractivity contribution in [1.29, 1.82) is 0 Å². The van der Waals surface area contributed by atoms with Crippen LogP contribution >= 0.6 is 15.9 Å². The summed E-state index contributed by atoms with van der Waals surface area (Å²) in [5.74, 6) is 0.990. The first-order chi connectivity index (χ1) is 13.7. The van der Waals surface area contributed by atoms with Crippen LogP contribution in [0.3, 0.4) is 0 Å². The summed E-state index contributed by atoms with van der Waals surface area (Å²) in [5.41, 5.74) is 6.10. The van der Waals surface area contributed by atoms with Crippen molar-refractivity contribution >= 4 is 43.9 Å². The molecule has 0 spiro atoms. The van der Waals surface area contributed by atoms with E-state index in [0.29, 0.717) is 6.42 Å². The van der Waals surface area contributed by atoms with Crippen molar-refractivity contribution in [3.05, 3.63) is 69.8 Å². The second kappa shape index (κ2) is 6.74. The third-order valence-corrected chi connectivity index (χ3v) is 6.13. The minimum atomic E-state index is -0.225. The minimum Gasteiger partial charge on any atom is -0.496 e. The number of anilines is 1. The number of carbonyl (C=O) groups excluding carboxylic acids is 1. The lowest BCUT2D eigenvalue weighted by molar-refractivity contribution is -0.116. The van der Waals surface area contributed by atoms with Crippen molar-refractivity contribution in [3.63, 3.8) is 0 Å². The molecule has 1 aliphatic carbocycles. The number of hydrogen-bond acceptors (Lipinski definition) is 4. The number of fused-ring (bicyclic) bond motifs is 4. The topological polar surface area (TPSA) is 51.2 Å². The molecule has 5 heteroatoms. The molecule has 28 heavy (non-hydrogen) atoms. The maximum Gasteiger partial charge on any atom is 0.161 e. The molecule has 1 atom stereocenters. The fourth-order valence-electron chi connectivity index (χ4n) is 4.45. The Bertz CT molecular complexity index is 1150. The second-order valence-corrected chi connectivity index (χ2v) is 8.11. The zero-order valence-electron chi connectivity index (χ0n) is 15.5. The van der Waals surface area contributed by atoms with Crippen LogP contribution in [0.2, 0.25) is 0 Å². The predicted molar refractivity (Wildman–Crippen MR) is 115 cm³/mol. The molecule has 1 N–H and O–H groups in total. The maximum absolute atomic E-state index is 13.1. The number of ketones is 1. The molecule has 0 saturated carbocycles. The number of pyridine rings is 1. The van der Waals surface area contributed by atoms with Gasteiger partial charge in [-0.2, -0.15) is 0 Å². The highest BCUT2D eigenvalue weighted by atomic mass is 79.9. The van der Waals surface area contributed by atoms with E-state index in [4.69, 9.17) is 4.74 Å². The summed E-state index contributed by atoms with van der Waals surface area (Å²) in [6, 6.07) is 13.9. The van der Waals surface area contributed by atoms with E-state index in [1.807, 2.05) is 36.5 Å². The van der Waals surface area contributed by atoms with Gasteiger partial charge in [-0.25, -0.2) is 0 Å². The maximum atomic E-state index is 13.1. The van der Waals surface area contributed by atoms with E-state index in [0.717, 1.165) is 61.9 Å². The Hall–Kier alpha value is -2.66. The van der Waals surface area contributed by atoms with Gasteiger partial charge in [0.25, 0.3) is 0 Å². The van der Waals surface area contributed by atoms with E-state index in [2.05, 4.69) is 38.4 Å². The standard InChI is InChI=1S/C23H19BrN2O2/c1-28-20-10-7-13(24)12-16(20)23-22-15(4-2-6-19(22)27)21-14-5-3-11-25-17(14)8-9-18(21)26-23/h3,5,7-12,23,26H,2,4,6H2,1H3/t23-/m0/s1. The SMILES string of the molecule is COc1ccc(Br)cc1[C@@H]1Nc2ccc3ncccc3c2C2=C1C(=O)CCC2. The van der Waals surface area contributed by atoms with Crippen LogP contribution in [0, 0.1) is 0 Å². The number of aromatic nitrogens is 1. The predicted octanol–water partition coefficient (Wildman–Crippen LogP) is 5.68. The Balaban J connectivity index is 1.80. The van der Waals surface area contributed by atoms with Crippen molar-refractivity contribution in [1.82, 2.24) is 4.98 Å². The zero-order chi connectivity index (χ0) is 19.3. The van der Waals surface area contributed by atoms with Gasteiger partial charge in [0.2, 0.25) is 0 Å². The van der Waals surface area contributed by atoms with Crippen LogP contribution in [0.25, 0.3) is 16.5 Å². The Labute approximate surface area is 171 Å². The summed E-state index contributed by atoms with van der Waals surface area (Å²) < 4.78 is 6.58. The van der Waals surface area contributed by atoms with Gasteiger partial charge in [0.15, 0.2) is 5.78 Å². The molecule has 2 aliphatic rings. The lowest BCUT2D eigenvalue weighted by Crippen LogP contribution is -2.27. The Morgan fingerprint density at radius 2 is 2.07 bits per heavy atom. The van der Waals surface area contributed by atoms with Gasteiger partial charge < -0.3 is 10.1 Å². The molecule has 0 radical (unpaired) electrons. The van der Waals surface area contributed by atoms with Crippen molar-refractivity contribution in [2.45, 2.75) is 25.3 Å². The van der Waals surface area contributed by atoms with Gasteiger partial charge in [0.1, 0.15) is 5.75 Å². The van der Waals surface area contributed by atoms with Gasteiger partial charge in [-0.05, 0) is 54.8 Å². The summed E-state index contributed by atoms with van der Waals surface area (Å²) in [4.78, 5) is 17.6. The number of allylic oxidation sites excluding steroid dienone is 1. The van der Waals surface area contributed by atoms with Crippen molar-refractivity contribution in [2.24, 2.45) is 0 Å². The smallest absolute Gasteiger partial charge is 0.161 e. The number of benzene rings is 2. The fourth-order valence-corrected chi connectivity index (χ4v) is 4.83. The summed E-state index contributed by atoms with van der Waals surface area (Å²) in [5, 5.41) is 4.72. The fraction of sp³-hybridized carbons (Fsp3) is 0.217. The molecule has 5 rings (SSSR count). The molecule has 4 nitrogen and oxygen atoms in total. The number of carbonyl (C=O) groups is 1. The first-order valence-corrected chi connectivity index (χ1v) is 10.2. The van der Waals surface area contributed by atoms with Crippen LogP contribution in [-0.2, 0) is 4.79 Å². The van der Waals surface area contributed by atoms with Crippen LogP contribution in [0.1, 0.15) is 36.4 Å². The second-order valence-electron chi connectivity index (χ2n) is 7.19. The van der Waals surface area contributed by atoms with Gasteiger partial charge in [0, 0.05) is 44.9 Å². The van der Waals surface area contributed by atoms with Crippen LogP contribution in [0.5, 0.6) is 5.75 Å². The molecule has 0 fully saturated rings. The van der Waals surface area contributed by atoms with Gasteiger partial charge in [-0.15, -0.1) is 0 Å². The Morgan fingerprint density at radius 1 is 1.18 bits per heavy atom. The summed E-state index contributed by atoms with van der Waals surface area (Å²) in [6.07, 6.45) is 4.18. The molecular formula is C23H19BrN2O2. The first kappa shape index (κ1) is 17.4. The summed E-state index contributed by atoms with van der Waals surface area (Å²) in [7, 11) is 1.67. The van der Waals surface area contributed by atoms with Crippen molar-refractivity contribution in [3.8, 4) is 5.75 Å². The molecule has 0 amide bonds. The highest BCUT2D eigenvalue weighted by Gasteiger charge is 2.36. The molecule has 1 aromatic heterocycles. The van der Waals surface area contributed by atoms with E-state index in [1.54, 1.807) is 7.11 Å². The minimum absolute atomic E-state index is 0.215. The molecular weight excluding hydrogens is 416 g/mol. The number of Topliss-reactive ketones (excluding diaryl/α,β-unsaturated/α-hetero) is 1. The lowest BCUT2D eigenvalue weighted by Gasteiger charge is -2.35. The van der Waals surface area contributed by atoms with Crippen LogP contribution in [-0.4, -0.2) is 17.9 Å². The lowest BCUT2D eigenvalue weighted by atomic mass is 9.77. The van der Waals surface area contributed by atoms with E-state index in [9.17, 15) is 4.79 Å². The normalized spacial score (nSPS) is 18.5. The van der Waals surface area contributed by atoms with Crippen LogP contribution < -0.4 is 10.1 Å². The van der Waals surface area contributed by atoms with Gasteiger partial charge in [0.05, 0.1) is 18.7 Å². The Kier molecular flexibility index (Phi) is 4.20. The van der Waals surface area contributed by atoms with Crippen molar-refractivity contribution < 1.29 is 9.53 Å². The highest BCUT2D eigenvalue weighted by Crippen LogP contribution is 2.49. The molecule has 0 unspecified atom stereocenters. The van der Waals surface area contributed by atoms with E-state index >= 15 is 0 Å². The third-order valence-electron chi connectivity index (χ3n) is 5.63. The molecule has 3 aromatic rings. The molecule has 2 heterocycles. The molecule has 1 aliphatic heterocycles. The number of ether oxygens (including phenoxy) is 1. The highest BCUT2D eigenvalue weighted by molar-refractivity contribution is 9.10. The first-order valence-electron chi connectivity index (χ1n) is 9.41. The summed E-state index contributed by atoms with van der Waals surface area (Å²) in [6.45, 7) is 0. The number of methoxy groups -OCH3 is 1. The number of halogens is 1. The quantitative estimate of drug-likeness (QED) is 0.563. The molecule has 140 valence electrons.